The van der Waals surface area contributed by atoms with Crippen molar-refractivity contribution in [2.45, 2.75) is 19.8 Å². The minimum atomic E-state index is -0.0420. The molecule has 2 amide bonds. The molecule has 0 radical (unpaired) electrons. The second kappa shape index (κ2) is 9.11. The number of carbonyl (C=O) groups is 1. The molecule has 0 saturated carbocycles. The summed E-state index contributed by atoms with van der Waals surface area (Å²) in [6.07, 6.45) is 3.83. The van der Waals surface area contributed by atoms with E-state index in [-0.39, 0.29) is 6.03 Å². The molecule has 2 aliphatic heterocycles. The molecule has 0 unspecified atom stereocenters. The first-order valence-corrected chi connectivity index (χ1v) is 11.4. The summed E-state index contributed by atoms with van der Waals surface area (Å²) in [4.78, 5) is 28.8. The number of hydrogen-bond donors (Lipinski definition) is 3. The number of benzene rings is 1. The SMILES string of the molecule is Cc1ccc(NC(=O)N2CCCC2)cc1-c1cc(-c2cnc(N)[nH]2)nc(N2CCOCC2)c1. The molecule has 4 N–H and O–H groups in total. The molecular weight excluding hydrogens is 418 g/mol. The Balaban J connectivity index is 1.52. The fourth-order valence-corrected chi connectivity index (χ4v) is 4.36. The van der Waals surface area contributed by atoms with Gasteiger partial charge in [-0.05, 0) is 60.7 Å². The number of ether oxygens (including phenoxy) is 1. The van der Waals surface area contributed by atoms with E-state index < -0.39 is 0 Å². The molecule has 0 bridgehead atoms. The van der Waals surface area contributed by atoms with Gasteiger partial charge in [0.1, 0.15) is 5.82 Å². The van der Waals surface area contributed by atoms with E-state index in [1.165, 1.54) is 0 Å². The number of aromatic amines is 1. The van der Waals surface area contributed by atoms with Crippen LogP contribution in [0.4, 0.5) is 22.2 Å². The summed E-state index contributed by atoms with van der Waals surface area (Å²) in [5.41, 5.74) is 11.3. The van der Waals surface area contributed by atoms with E-state index in [9.17, 15) is 4.79 Å². The Morgan fingerprint density at radius 1 is 1.12 bits per heavy atom. The third-order valence-electron chi connectivity index (χ3n) is 6.21. The summed E-state index contributed by atoms with van der Waals surface area (Å²) in [6.45, 7) is 6.62. The number of H-pyrrole nitrogens is 1. The zero-order valence-electron chi connectivity index (χ0n) is 18.8. The van der Waals surface area contributed by atoms with Crippen molar-refractivity contribution in [3.63, 3.8) is 0 Å². The lowest BCUT2D eigenvalue weighted by molar-refractivity contribution is 0.122. The third kappa shape index (κ3) is 4.63. The molecule has 5 rings (SSSR count). The van der Waals surface area contributed by atoms with Gasteiger partial charge < -0.3 is 30.6 Å². The fraction of sp³-hybridized carbons (Fsp3) is 0.375. The van der Waals surface area contributed by atoms with Crippen LogP contribution in [-0.4, -0.2) is 65.3 Å². The van der Waals surface area contributed by atoms with E-state index in [1.54, 1.807) is 6.20 Å². The Labute approximate surface area is 193 Å². The van der Waals surface area contributed by atoms with Crippen molar-refractivity contribution in [1.82, 2.24) is 19.9 Å². The summed E-state index contributed by atoms with van der Waals surface area (Å²) in [6, 6.07) is 10.1. The number of carbonyl (C=O) groups excluding carboxylic acids is 1. The van der Waals surface area contributed by atoms with Gasteiger partial charge in [-0.3, -0.25) is 0 Å². The smallest absolute Gasteiger partial charge is 0.321 e. The van der Waals surface area contributed by atoms with Crippen LogP contribution >= 0.6 is 0 Å². The number of nitrogen functional groups attached to an aromatic ring is 1. The lowest BCUT2D eigenvalue weighted by atomic mass is 9.99. The lowest BCUT2D eigenvalue weighted by Gasteiger charge is -2.28. The molecule has 2 saturated heterocycles. The number of hydrogen-bond acceptors (Lipinski definition) is 6. The number of nitrogens with zero attached hydrogens (tertiary/aromatic N) is 4. The molecule has 2 aromatic heterocycles. The van der Waals surface area contributed by atoms with Crippen molar-refractivity contribution in [3.8, 4) is 22.5 Å². The second-order valence-corrected chi connectivity index (χ2v) is 8.53. The molecule has 2 fully saturated rings. The quantitative estimate of drug-likeness (QED) is 0.564. The topological polar surface area (TPSA) is 112 Å². The second-order valence-electron chi connectivity index (χ2n) is 8.53. The summed E-state index contributed by atoms with van der Waals surface area (Å²) in [7, 11) is 0. The number of amides is 2. The highest BCUT2D eigenvalue weighted by molar-refractivity contribution is 5.91. The molecule has 9 heteroatoms. The molecule has 0 spiro atoms. The third-order valence-corrected chi connectivity index (χ3v) is 6.21. The average Bonchev–Trinajstić information content (AvgIpc) is 3.53. The van der Waals surface area contributed by atoms with E-state index >= 15 is 0 Å². The number of imidazole rings is 1. The predicted octanol–water partition coefficient (Wildman–Crippen LogP) is 3.49. The molecule has 4 heterocycles. The van der Waals surface area contributed by atoms with E-state index in [1.807, 2.05) is 29.2 Å². The number of nitrogens with one attached hydrogen (secondary N) is 2. The molecule has 172 valence electrons. The Hall–Kier alpha value is -3.59. The van der Waals surface area contributed by atoms with Gasteiger partial charge in [0.2, 0.25) is 0 Å². The van der Waals surface area contributed by atoms with Gasteiger partial charge in [0.15, 0.2) is 5.95 Å². The molecule has 0 aliphatic carbocycles. The largest absolute Gasteiger partial charge is 0.378 e. The van der Waals surface area contributed by atoms with Crippen LogP contribution in [0.25, 0.3) is 22.5 Å². The van der Waals surface area contributed by atoms with Gasteiger partial charge in [0.25, 0.3) is 0 Å². The lowest BCUT2D eigenvalue weighted by Crippen LogP contribution is -2.36. The number of aromatic nitrogens is 3. The van der Waals surface area contributed by atoms with E-state index in [0.717, 1.165) is 78.6 Å². The summed E-state index contributed by atoms with van der Waals surface area (Å²) >= 11 is 0. The maximum atomic E-state index is 12.6. The van der Waals surface area contributed by atoms with Crippen LogP contribution in [-0.2, 0) is 4.74 Å². The number of anilines is 3. The predicted molar refractivity (Wildman–Crippen MR) is 129 cm³/mol. The minimum absolute atomic E-state index is 0.0420. The standard InChI is InChI=1S/C24H29N7O2/c1-16-4-5-18(27-24(32)31-6-2-3-7-31)14-19(16)17-12-20(21-15-26-23(25)29-21)28-22(13-17)30-8-10-33-11-9-30/h4-5,12-15H,2-3,6-11H2,1H3,(H,27,32)(H3,25,26,29). The Morgan fingerprint density at radius 2 is 1.91 bits per heavy atom. The summed E-state index contributed by atoms with van der Waals surface area (Å²) in [5, 5.41) is 3.06. The van der Waals surface area contributed by atoms with Crippen molar-refractivity contribution in [1.29, 1.82) is 0 Å². The first kappa shape index (κ1) is 21.3. The molecule has 1 aromatic carbocycles. The molecule has 9 nitrogen and oxygen atoms in total. The summed E-state index contributed by atoms with van der Waals surface area (Å²) < 4.78 is 5.52. The molecule has 3 aromatic rings. The number of rotatable bonds is 4. The molecular formula is C24H29N7O2. The van der Waals surface area contributed by atoms with Gasteiger partial charge in [-0.15, -0.1) is 0 Å². The van der Waals surface area contributed by atoms with Gasteiger partial charge in [-0.2, -0.15) is 0 Å². The van der Waals surface area contributed by atoms with Crippen LogP contribution in [0.3, 0.4) is 0 Å². The first-order chi connectivity index (χ1) is 16.1. The van der Waals surface area contributed by atoms with Crippen molar-refractivity contribution < 1.29 is 9.53 Å². The van der Waals surface area contributed by atoms with E-state index in [4.69, 9.17) is 15.5 Å². The van der Waals surface area contributed by atoms with Crippen molar-refractivity contribution >= 4 is 23.5 Å². The maximum Gasteiger partial charge on any atom is 0.321 e. The van der Waals surface area contributed by atoms with Gasteiger partial charge in [0.05, 0.1) is 30.8 Å². The number of likely N-dealkylation sites (tertiary alicyclic amines) is 1. The monoisotopic (exact) mass is 447 g/mol. The van der Waals surface area contributed by atoms with Crippen LogP contribution in [0.5, 0.6) is 0 Å². The Bertz CT molecular complexity index is 1150. The normalized spacial score (nSPS) is 16.3. The van der Waals surface area contributed by atoms with Crippen LogP contribution in [0.15, 0.2) is 36.5 Å². The number of morpholine rings is 1. The van der Waals surface area contributed by atoms with Gasteiger partial charge >= 0.3 is 6.03 Å². The van der Waals surface area contributed by atoms with Crippen molar-refractivity contribution in [2.24, 2.45) is 0 Å². The van der Waals surface area contributed by atoms with Crippen molar-refractivity contribution in [3.05, 3.63) is 42.1 Å². The fourth-order valence-electron chi connectivity index (χ4n) is 4.36. The van der Waals surface area contributed by atoms with Gasteiger partial charge in [0, 0.05) is 31.9 Å². The maximum absolute atomic E-state index is 12.6. The Kier molecular flexibility index (Phi) is 5.87. The van der Waals surface area contributed by atoms with Crippen LogP contribution in [0, 0.1) is 6.92 Å². The van der Waals surface area contributed by atoms with Crippen molar-refractivity contribution in [2.75, 3.05) is 55.3 Å². The highest BCUT2D eigenvalue weighted by Crippen LogP contribution is 2.32. The molecule has 0 atom stereocenters. The number of urea groups is 1. The van der Waals surface area contributed by atoms with E-state index in [0.29, 0.717) is 19.2 Å². The van der Waals surface area contributed by atoms with Crippen LogP contribution in [0.2, 0.25) is 0 Å². The van der Waals surface area contributed by atoms with E-state index in [2.05, 4.69) is 33.2 Å². The zero-order chi connectivity index (χ0) is 22.8. The zero-order valence-corrected chi connectivity index (χ0v) is 18.8. The Morgan fingerprint density at radius 3 is 2.64 bits per heavy atom. The average molecular weight is 448 g/mol. The highest BCUT2D eigenvalue weighted by Gasteiger charge is 2.19. The van der Waals surface area contributed by atoms with Crippen LogP contribution < -0.4 is 16.0 Å². The van der Waals surface area contributed by atoms with Gasteiger partial charge in [-0.25, -0.2) is 14.8 Å². The molecule has 33 heavy (non-hydrogen) atoms. The number of nitrogens with two attached hydrogens (primary N) is 1. The number of aryl methyl sites for hydroxylation is 1. The van der Waals surface area contributed by atoms with Crippen LogP contribution in [0.1, 0.15) is 18.4 Å². The summed E-state index contributed by atoms with van der Waals surface area (Å²) in [5.74, 6) is 1.23. The first-order valence-electron chi connectivity index (χ1n) is 11.4. The van der Waals surface area contributed by atoms with Gasteiger partial charge in [-0.1, -0.05) is 6.07 Å². The molecule has 2 aliphatic rings. The highest BCUT2D eigenvalue weighted by atomic mass is 16.5. The minimum Gasteiger partial charge on any atom is -0.378 e. The number of pyridine rings is 1.